The number of nitriles is 1. The number of H-pyrrole nitrogens is 1. The summed E-state index contributed by atoms with van der Waals surface area (Å²) in [6.45, 7) is 0. The number of aromatic amines is 1. The first-order valence-electron chi connectivity index (χ1n) is 10.7. The van der Waals surface area contributed by atoms with E-state index in [-0.39, 0.29) is 23.0 Å². The van der Waals surface area contributed by atoms with Gasteiger partial charge in [0.25, 0.3) is 5.56 Å². The zero-order chi connectivity index (χ0) is 25.3. The van der Waals surface area contributed by atoms with Gasteiger partial charge < -0.3 is 9.47 Å². The Morgan fingerprint density at radius 2 is 1.78 bits per heavy atom. The van der Waals surface area contributed by atoms with Gasteiger partial charge in [-0.1, -0.05) is 48.5 Å². The Labute approximate surface area is 205 Å². The molecule has 36 heavy (non-hydrogen) atoms. The van der Waals surface area contributed by atoms with Gasteiger partial charge >= 0.3 is 6.09 Å². The van der Waals surface area contributed by atoms with Crippen molar-refractivity contribution >= 4 is 23.9 Å². The Morgan fingerprint density at radius 1 is 1.06 bits per heavy atom. The maximum Gasteiger partial charge on any atom is 0.417 e. The van der Waals surface area contributed by atoms with Gasteiger partial charge in [0, 0.05) is 11.3 Å². The van der Waals surface area contributed by atoms with Crippen LogP contribution < -0.4 is 25.8 Å². The van der Waals surface area contributed by atoms with Gasteiger partial charge in [0.1, 0.15) is 11.6 Å². The lowest BCUT2D eigenvalue weighted by Crippen LogP contribution is -2.17. The number of aromatic nitrogens is 2. The first-order valence-corrected chi connectivity index (χ1v) is 10.7. The van der Waals surface area contributed by atoms with Crippen molar-refractivity contribution in [1.82, 2.24) is 9.97 Å². The molecule has 0 saturated carbocycles. The van der Waals surface area contributed by atoms with E-state index in [0.717, 1.165) is 0 Å². The van der Waals surface area contributed by atoms with Crippen molar-refractivity contribution in [1.29, 1.82) is 5.26 Å². The highest BCUT2D eigenvalue weighted by molar-refractivity contribution is 5.87. The van der Waals surface area contributed by atoms with Crippen LogP contribution in [-0.4, -0.2) is 29.4 Å². The molecule has 0 spiro atoms. The molecule has 0 aliphatic heterocycles. The Morgan fingerprint density at radius 3 is 2.47 bits per heavy atom. The van der Waals surface area contributed by atoms with Crippen molar-refractivity contribution in [2.45, 2.75) is 0 Å². The summed E-state index contributed by atoms with van der Waals surface area (Å²) in [5.41, 5.74) is 4.08. The molecule has 4 aromatic rings. The molecule has 0 fully saturated rings. The summed E-state index contributed by atoms with van der Waals surface area (Å²) in [6, 6.07) is 24.6. The molecule has 4 rings (SSSR count). The molecule has 178 valence electrons. The number of nitrogens with one attached hydrogen (secondary N) is 3. The van der Waals surface area contributed by atoms with Crippen LogP contribution in [0.3, 0.4) is 0 Å². The van der Waals surface area contributed by atoms with Crippen molar-refractivity contribution in [3.63, 3.8) is 0 Å². The standard InChI is InChI=1S/C26H20N6O4/c1-35-22-14-17(12-13-21(22)36-26(34)29-19-10-6-3-7-11-19)16-28-32-25-30-23(18-8-4-2-5-9-18)20(15-27)24(33)31-25/h2-14,16H,1H3,(H,29,34)(H2,30,31,32,33). The third kappa shape index (κ3) is 5.73. The van der Waals surface area contributed by atoms with Crippen LogP contribution in [0.15, 0.2) is 88.8 Å². The number of hydrogen-bond acceptors (Lipinski definition) is 8. The highest BCUT2D eigenvalue weighted by atomic mass is 16.6. The Kier molecular flexibility index (Phi) is 7.33. The maximum absolute atomic E-state index is 12.3. The summed E-state index contributed by atoms with van der Waals surface area (Å²) in [5, 5.41) is 16.1. The molecule has 0 aliphatic carbocycles. The van der Waals surface area contributed by atoms with Gasteiger partial charge in [-0.05, 0) is 35.9 Å². The number of hydrazone groups is 1. The van der Waals surface area contributed by atoms with E-state index in [0.29, 0.717) is 22.6 Å². The van der Waals surface area contributed by atoms with Gasteiger partial charge in [0.05, 0.1) is 19.0 Å². The van der Waals surface area contributed by atoms with Crippen LogP contribution in [-0.2, 0) is 0 Å². The molecule has 10 heteroatoms. The van der Waals surface area contributed by atoms with E-state index in [1.807, 2.05) is 18.2 Å². The zero-order valence-corrected chi connectivity index (χ0v) is 19.1. The number of hydrogen-bond donors (Lipinski definition) is 3. The zero-order valence-electron chi connectivity index (χ0n) is 19.1. The molecule has 0 aliphatic rings. The Hall–Kier alpha value is -5.43. The highest BCUT2D eigenvalue weighted by Gasteiger charge is 2.13. The van der Waals surface area contributed by atoms with Crippen molar-refractivity contribution in [3.8, 4) is 28.8 Å². The lowest BCUT2D eigenvalue weighted by Gasteiger charge is -2.10. The molecule has 1 heterocycles. The second-order valence-electron chi connectivity index (χ2n) is 7.28. The van der Waals surface area contributed by atoms with Crippen LogP contribution >= 0.6 is 0 Å². The number of para-hydroxylation sites is 1. The normalized spacial score (nSPS) is 10.4. The van der Waals surface area contributed by atoms with Crippen molar-refractivity contribution in [2.24, 2.45) is 5.10 Å². The Bertz CT molecular complexity index is 1490. The van der Waals surface area contributed by atoms with Gasteiger partial charge in [-0.15, -0.1) is 0 Å². The molecule has 1 aromatic heterocycles. The first-order chi connectivity index (χ1) is 17.6. The minimum atomic E-state index is -0.660. The van der Waals surface area contributed by atoms with Gasteiger partial charge in [-0.2, -0.15) is 10.4 Å². The molecular formula is C26H20N6O4. The quantitative estimate of drug-likeness (QED) is 0.263. The molecule has 0 saturated heterocycles. The number of carbonyl (C=O) groups excluding carboxylic acids is 1. The van der Waals surface area contributed by atoms with E-state index < -0.39 is 11.7 Å². The predicted molar refractivity (Wildman–Crippen MR) is 135 cm³/mol. The maximum atomic E-state index is 12.3. The molecule has 0 atom stereocenters. The Balaban J connectivity index is 1.48. The number of benzene rings is 3. The van der Waals surface area contributed by atoms with Crippen LogP contribution in [0.5, 0.6) is 11.5 Å². The number of methoxy groups -OCH3 is 1. The van der Waals surface area contributed by atoms with Gasteiger partial charge in [0.2, 0.25) is 5.95 Å². The lowest BCUT2D eigenvalue weighted by atomic mass is 10.1. The smallest absolute Gasteiger partial charge is 0.417 e. The fourth-order valence-electron chi connectivity index (χ4n) is 3.22. The van der Waals surface area contributed by atoms with E-state index in [4.69, 9.17) is 9.47 Å². The molecule has 0 radical (unpaired) electrons. The predicted octanol–water partition coefficient (Wildman–Crippen LogP) is 4.37. The van der Waals surface area contributed by atoms with Crippen LogP contribution in [0, 0.1) is 11.3 Å². The molecular weight excluding hydrogens is 460 g/mol. The summed E-state index contributed by atoms with van der Waals surface area (Å²) in [6.07, 6.45) is 0.809. The average molecular weight is 480 g/mol. The van der Waals surface area contributed by atoms with E-state index in [1.54, 1.807) is 66.7 Å². The minimum absolute atomic E-state index is 0.0682. The van der Waals surface area contributed by atoms with E-state index in [9.17, 15) is 14.9 Å². The number of amides is 1. The summed E-state index contributed by atoms with van der Waals surface area (Å²) in [7, 11) is 1.45. The first kappa shape index (κ1) is 23.7. The average Bonchev–Trinajstić information content (AvgIpc) is 2.90. The highest BCUT2D eigenvalue weighted by Crippen LogP contribution is 2.28. The lowest BCUT2D eigenvalue weighted by molar-refractivity contribution is 0.213. The molecule has 0 bridgehead atoms. The van der Waals surface area contributed by atoms with Crippen LogP contribution in [0.1, 0.15) is 11.1 Å². The molecule has 10 nitrogen and oxygen atoms in total. The number of ether oxygens (including phenoxy) is 2. The molecule has 3 N–H and O–H groups in total. The number of rotatable bonds is 7. The van der Waals surface area contributed by atoms with Crippen LogP contribution in [0.25, 0.3) is 11.3 Å². The number of nitrogens with zero attached hydrogens (tertiary/aromatic N) is 3. The number of anilines is 2. The van der Waals surface area contributed by atoms with Gasteiger partial charge in [-0.3, -0.25) is 15.1 Å². The van der Waals surface area contributed by atoms with Gasteiger partial charge in [0.15, 0.2) is 11.5 Å². The molecule has 0 unspecified atom stereocenters. The van der Waals surface area contributed by atoms with Gasteiger partial charge in [-0.25, -0.2) is 15.2 Å². The van der Waals surface area contributed by atoms with Crippen LogP contribution in [0.4, 0.5) is 16.4 Å². The minimum Gasteiger partial charge on any atom is -0.493 e. The SMILES string of the molecule is COc1cc(C=NNc2nc(-c3ccccc3)c(C#N)c(=O)[nH]2)ccc1OC(=O)Nc1ccccc1. The second-order valence-corrected chi connectivity index (χ2v) is 7.28. The largest absolute Gasteiger partial charge is 0.493 e. The summed E-state index contributed by atoms with van der Waals surface area (Å²) >= 11 is 0. The topological polar surface area (TPSA) is 141 Å². The monoisotopic (exact) mass is 480 g/mol. The molecule has 3 aromatic carbocycles. The van der Waals surface area contributed by atoms with Crippen molar-refractivity contribution in [3.05, 3.63) is 100 Å². The third-order valence-electron chi connectivity index (χ3n) is 4.87. The second kappa shape index (κ2) is 11.1. The summed E-state index contributed by atoms with van der Waals surface area (Å²) in [4.78, 5) is 31.4. The van der Waals surface area contributed by atoms with Crippen molar-refractivity contribution in [2.75, 3.05) is 17.9 Å². The third-order valence-corrected chi connectivity index (χ3v) is 4.87. The van der Waals surface area contributed by atoms with E-state index in [1.165, 1.54) is 13.3 Å². The van der Waals surface area contributed by atoms with E-state index >= 15 is 0 Å². The van der Waals surface area contributed by atoms with Crippen molar-refractivity contribution < 1.29 is 14.3 Å². The fourth-order valence-corrected chi connectivity index (χ4v) is 3.22. The number of carbonyl (C=O) groups is 1. The summed E-state index contributed by atoms with van der Waals surface area (Å²) in [5.74, 6) is 0.610. The summed E-state index contributed by atoms with van der Waals surface area (Å²) < 4.78 is 10.7. The van der Waals surface area contributed by atoms with Crippen LogP contribution in [0.2, 0.25) is 0 Å². The molecule has 1 amide bonds. The fraction of sp³-hybridized carbons (Fsp3) is 0.0385. The van der Waals surface area contributed by atoms with E-state index in [2.05, 4.69) is 25.8 Å².